The first-order valence-corrected chi connectivity index (χ1v) is 7.78. The van der Waals surface area contributed by atoms with Gasteiger partial charge in [-0.1, -0.05) is 41.2 Å². The van der Waals surface area contributed by atoms with Gasteiger partial charge in [-0.2, -0.15) is 0 Å². The molecule has 1 fully saturated rings. The van der Waals surface area contributed by atoms with E-state index in [0.717, 1.165) is 32.1 Å². The number of benzene rings is 1. The quantitative estimate of drug-likeness (QED) is 0.844. The minimum Gasteiger partial charge on any atom is -0.322 e. The second-order valence-corrected chi connectivity index (χ2v) is 6.21. The maximum absolute atomic E-state index is 12.1. The molecule has 0 aromatic heterocycles. The number of nitrogens with one attached hydrogen (secondary N) is 1. The van der Waals surface area contributed by atoms with Crippen LogP contribution in [-0.2, 0) is 9.59 Å². The maximum Gasteiger partial charge on any atom is 0.238 e. The normalized spacial score (nSPS) is 19.3. The van der Waals surface area contributed by atoms with E-state index < -0.39 is 0 Å². The van der Waals surface area contributed by atoms with Crippen LogP contribution in [0.2, 0.25) is 15.1 Å². The van der Waals surface area contributed by atoms with Gasteiger partial charge in [-0.05, 0) is 31.5 Å². The van der Waals surface area contributed by atoms with E-state index in [9.17, 15) is 9.59 Å². The first-order chi connectivity index (χ1) is 10.0. The van der Waals surface area contributed by atoms with Crippen LogP contribution >= 0.6 is 34.8 Å². The van der Waals surface area contributed by atoms with Gasteiger partial charge in [-0.15, -0.1) is 0 Å². The molecule has 0 spiro atoms. The highest BCUT2D eigenvalue weighted by atomic mass is 35.5. The predicted molar refractivity (Wildman–Crippen MR) is 85.4 cm³/mol. The molecule has 1 N–H and O–H groups in total. The van der Waals surface area contributed by atoms with Gasteiger partial charge in [0.2, 0.25) is 5.91 Å². The molecule has 1 unspecified atom stereocenters. The standard InChI is InChI=1S/C14H15Cl3N2O2/c15-9-5-11(16)14(12(17)6-9)18-13(21)7-19-4-2-1-3-10(19)8-20/h5-6,8,10H,1-4,7H2,(H,18,21). The molecule has 2 rings (SSSR count). The van der Waals surface area contributed by atoms with Crippen LogP contribution in [0.15, 0.2) is 12.1 Å². The Balaban J connectivity index is 2.03. The molecular formula is C14H15Cl3N2O2. The molecule has 7 heteroatoms. The molecule has 1 aliphatic rings. The second kappa shape index (κ2) is 7.45. The third kappa shape index (κ3) is 4.33. The molecule has 1 aliphatic heterocycles. The van der Waals surface area contributed by atoms with E-state index >= 15 is 0 Å². The summed E-state index contributed by atoms with van der Waals surface area (Å²) in [7, 11) is 0. The van der Waals surface area contributed by atoms with Crippen molar-refractivity contribution in [3.05, 3.63) is 27.2 Å². The molecule has 21 heavy (non-hydrogen) atoms. The summed E-state index contributed by atoms with van der Waals surface area (Å²) in [6.07, 6.45) is 3.68. The largest absolute Gasteiger partial charge is 0.322 e. The third-order valence-corrected chi connectivity index (χ3v) is 4.25. The molecule has 1 amide bonds. The number of hydrogen-bond acceptors (Lipinski definition) is 3. The molecule has 1 aromatic rings. The molecule has 0 bridgehead atoms. The minimum absolute atomic E-state index is 0.138. The number of piperidine rings is 1. The summed E-state index contributed by atoms with van der Waals surface area (Å²) in [6, 6.07) is 2.83. The summed E-state index contributed by atoms with van der Waals surface area (Å²) in [5.41, 5.74) is 0.340. The number of halogens is 3. The molecular weight excluding hydrogens is 335 g/mol. The average Bonchev–Trinajstić information content (AvgIpc) is 2.43. The first-order valence-electron chi connectivity index (χ1n) is 6.65. The molecule has 4 nitrogen and oxygen atoms in total. The SMILES string of the molecule is O=CC1CCCCN1CC(=O)Nc1c(Cl)cc(Cl)cc1Cl. The Hall–Kier alpha value is -0.810. The van der Waals surface area contributed by atoms with Crippen LogP contribution < -0.4 is 5.32 Å². The van der Waals surface area contributed by atoms with Gasteiger partial charge in [0.05, 0.1) is 28.3 Å². The Kier molecular flexibility index (Phi) is 5.88. The van der Waals surface area contributed by atoms with Gasteiger partial charge in [0, 0.05) is 5.02 Å². The monoisotopic (exact) mass is 348 g/mol. The van der Waals surface area contributed by atoms with Crippen LogP contribution in [0.3, 0.4) is 0 Å². The van der Waals surface area contributed by atoms with Gasteiger partial charge >= 0.3 is 0 Å². The maximum atomic E-state index is 12.1. The van der Waals surface area contributed by atoms with Crippen molar-refractivity contribution in [2.24, 2.45) is 0 Å². The Bertz CT molecular complexity index is 528. The topological polar surface area (TPSA) is 49.4 Å². The zero-order valence-electron chi connectivity index (χ0n) is 11.2. The van der Waals surface area contributed by atoms with Crippen molar-refractivity contribution in [1.29, 1.82) is 0 Å². The molecule has 0 radical (unpaired) electrons. The fourth-order valence-electron chi connectivity index (χ4n) is 2.39. The van der Waals surface area contributed by atoms with E-state index in [1.54, 1.807) is 0 Å². The van der Waals surface area contributed by atoms with E-state index in [-0.39, 0.29) is 28.5 Å². The zero-order valence-corrected chi connectivity index (χ0v) is 13.5. The molecule has 114 valence electrons. The van der Waals surface area contributed by atoms with Crippen molar-refractivity contribution in [3.8, 4) is 0 Å². The number of anilines is 1. The van der Waals surface area contributed by atoms with Crippen LogP contribution in [0.25, 0.3) is 0 Å². The Labute approximate surface area is 138 Å². The fraction of sp³-hybridized carbons (Fsp3) is 0.429. The zero-order chi connectivity index (χ0) is 15.4. The lowest BCUT2D eigenvalue weighted by Gasteiger charge is -2.31. The van der Waals surface area contributed by atoms with Crippen molar-refractivity contribution in [2.75, 3.05) is 18.4 Å². The van der Waals surface area contributed by atoms with E-state index in [1.807, 2.05) is 4.90 Å². The third-order valence-electron chi connectivity index (χ3n) is 3.44. The molecule has 0 saturated carbocycles. The Morgan fingerprint density at radius 1 is 1.29 bits per heavy atom. The summed E-state index contributed by atoms with van der Waals surface area (Å²) in [5.74, 6) is -0.255. The van der Waals surface area contributed by atoms with Crippen LogP contribution in [-0.4, -0.2) is 36.2 Å². The van der Waals surface area contributed by atoms with Crippen LogP contribution in [0.5, 0.6) is 0 Å². The van der Waals surface area contributed by atoms with Crippen LogP contribution in [0.1, 0.15) is 19.3 Å². The van der Waals surface area contributed by atoms with Crippen LogP contribution in [0.4, 0.5) is 5.69 Å². The number of amides is 1. The van der Waals surface area contributed by atoms with Gasteiger partial charge in [0.15, 0.2) is 0 Å². The summed E-state index contributed by atoms with van der Waals surface area (Å²) in [5, 5.41) is 3.65. The lowest BCUT2D eigenvalue weighted by Crippen LogP contribution is -2.44. The van der Waals surface area contributed by atoms with Crippen molar-refractivity contribution in [1.82, 2.24) is 4.90 Å². The van der Waals surface area contributed by atoms with Gasteiger partial charge in [-0.3, -0.25) is 9.69 Å². The number of likely N-dealkylation sites (tertiary alicyclic amines) is 1. The number of aldehydes is 1. The molecule has 1 atom stereocenters. The van der Waals surface area contributed by atoms with E-state index in [4.69, 9.17) is 34.8 Å². The summed E-state index contributed by atoms with van der Waals surface area (Å²) in [4.78, 5) is 25.0. The van der Waals surface area contributed by atoms with Gasteiger partial charge in [0.25, 0.3) is 0 Å². The number of carbonyl (C=O) groups excluding carboxylic acids is 2. The van der Waals surface area contributed by atoms with Crippen molar-refractivity contribution in [2.45, 2.75) is 25.3 Å². The number of rotatable bonds is 4. The van der Waals surface area contributed by atoms with Crippen LogP contribution in [0, 0.1) is 0 Å². The van der Waals surface area contributed by atoms with Gasteiger partial charge < -0.3 is 10.1 Å². The Morgan fingerprint density at radius 2 is 1.95 bits per heavy atom. The van der Waals surface area contributed by atoms with E-state index in [0.29, 0.717) is 10.7 Å². The fourth-order valence-corrected chi connectivity index (χ4v) is 3.30. The minimum atomic E-state index is -0.255. The molecule has 0 aliphatic carbocycles. The lowest BCUT2D eigenvalue weighted by atomic mass is 10.0. The number of carbonyl (C=O) groups is 2. The van der Waals surface area contributed by atoms with E-state index in [2.05, 4.69) is 5.32 Å². The second-order valence-electron chi connectivity index (χ2n) is 4.96. The number of hydrogen-bond donors (Lipinski definition) is 1. The highest BCUT2D eigenvalue weighted by Crippen LogP contribution is 2.33. The lowest BCUT2D eigenvalue weighted by molar-refractivity contribution is -0.120. The summed E-state index contributed by atoms with van der Waals surface area (Å²) in [6.45, 7) is 0.873. The molecule has 1 heterocycles. The summed E-state index contributed by atoms with van der Waals surface area (Å²) < 4.78 is 0. The van der Waals surface area contributed by atoms with Crippen molar-refractivity contribution < 1.29 is 9.59 Å². The van der Waals surface area contributed by atoms with Gasteiger partial charge in [-0.25, -0.2) is 0 Å². The highest BCUT2D eigenvalue weighted by Gasteiger charge is 2.24. The smallest absolute Gasteiger partial charge is 0.238 e. The van der Waals surface area contributed by atoms with Crippen molar-refractivity contribution >= 4 is 52.7 Å². The van der Waals surface area contributed by atoms with Crippen molar-refractivity contribution in [3.63, 3.8) is 0 Å². The number of nitrogens with zero attached hydrogens (tertiary/aromatic N) is 1. The van der Waals surface area contributed by atoms with Gasteiger partial charge in [0.1, 0.15) is 6.29 Å². The summed E-state index contributed by atoms with van der Waals surface area (Å²) >= 11 is 17.9. The predicted octanol–water partition coefficient (Wildman–Crippen LogP) is 3.64. The first kappa shape index (κ1) is 16.6. The molecule has 1 aromatic carbocycles. The average molecular weight is 350 g/mol. The Morgan fingerprint density at radius 3 is 2.57 bits per heavy atom. The van der Waals surface area contributed by atoms with E-state index in [1.165, 1.54) is 12.1 Å². The highest BCUT2D eigenvalue weighted by molar-refractivity contribution is 6.42. The molecule has 1 saturated heterocycles.